The highest BCUT2D eigenvalue weighted by molar-refractivity contribution is 4.26. The number of hydrogen-bond donors (Lipinski definition) is 2. The monoisotopic (exact) mass is 164 g/mol. The lowest BCUT2D eigenvalue weighted by Gasteiger charge is -1.90. The molecule has 2 N–H and O–H groups in total. The van der Waals surface area contributed by atoms with Gasteiger partial charge in [-0.25, -0.2) is 0 Å². The SMILES string of the molecule is CCC(O)O.CCCCOC. The summed E-state index contributed by atoms with van der Waals surface area (Å²) in [5.74, 6) is 0. The molecule has 0 fully saturated rings. The van der Waals surface area contributed by atoms with E-state index in [4.69, 9.17) is 14.9 Å². The van der Waals surface area contributed by atoms with Crippen LogP contribution in [0.5, 0.6) is 0 Å². The van der Waals surface area contributed by atoms with E-state index in [1.54, 1.807) is 14.0 Å². The molecule has 3 heteroatoms. The minimum Gasteiger partial charge on any atom is -0.385 e. The molecule has 0 saturated carbocycles. The molecule has 0 aromatic carbocycles. The zero-order valence-corrected chi connectivity index (χ0v) is 7.71. The van der Waals surface area contributed by atoms with Crippen LogP contribution in [0.25, 0.3) is 0 Å². The number of methoxy groups -OCH3 is 1. The lowest BCUT2D eigenvalue weighted by atomic mass is 10.4. The first-order chi connectivity index (χ1) is 5.18. The molecule has 0 rings (SSSR count). The minimum atomic E-state index is -1.12. The van der Waals surface area contributed by atoms with Gasteiger partial charge in [0, 0.05) is 13.7 Å². The predicted molar refractivity (Wildman–Crippen MR) is 45.3 cm³/mol. The van der Waals surface area contributed by atoms with Gasteiger partial charge in [-0.3, -0.25) is 0 Å². The predicted octanol–water partition coefficient (Wildman–Crippen LogP) is 1.14. The number of hydrogen-bond acceptors (Lipinski definition) is 3. The molecule has 0 unspecified atom stereocenters. The van der Waals surface area contributed by atoms with Crippen molar-refractivity contribution in [3.63, 3.8) is 0 Å². The Labute approximate surface area is 69.0 Å². The van der Waals surface area contributed by atoms with Crippen molar-refractivity contribution in [3.05, 3.63) is 0 Å². The Morgan fingerprint density at radius 3 is 1.82 bits per heavy atom. The van der Waals surface area contributed by atoms with Crippen molar-refractivity contribution in [2.75, 3.05) is 13.7 Å². The van der Waals surface area contributed by atoms with Gasteiger partial charge in [-0.15, -0.1) is 0 Å². The molecule has 0 aliphatic carbocycles. The Hall–Kier alpha value is -0.120. The molecule has 0 spiro atoms. The summed E-state index contributed by atoms with van der Waals surface area (Å²) in [5, 5.41) is 15.8. The second-order valence-corrected chi connectivity index (χ2v) is 2.24. The summed E-state index contributed by atoms with van der Waals surface area (Å²) in [6.07, 6.45) is 1.72. The molecule has 0 saturated heterocycles. The van der Waals surface area contributed by atoms with Crippen LogP contribution in [0.15, 0.2) is 0 Å². The molecule has 0 aromatic rings. The molecule has 0 aromatic heterocycles. The molecule has 0 aliphatic heterocycles. The van der Waals surface area contributed by atoms with Crippen LogP contribution in [0.3, 0.4) is 0 Å². The topological polar surface area (TPSA) is 49.7 Å². The van der Waals surface area contributed by atoms with E-state index in [1.165, 1.54) is 12.8 Å². The van der Waals surface area contributed by atoms with E-state index < -0.39 is 6.29 Å². The van der Waals surface area contributed by atoms with E-state index in [1.807, 2.05) is 0 Å². The molecule has 0 bridgehead atoms. The first-order valence-electron chi connectivity index (χ1n) is 4.04. The van der Waals surface area contributed by atoms with Crippen LogP contribution in [0.1, 0.15) is 33.1 Å². The summed E-state index contributed by atoms with van der Waals surface area (Å²) in [6, 6.07) is 0. The highest BCUT2D eigenvalue weighted by Gasteiger charge is 1.83. The summed E-state index contributed by atoms with van der Waals surface area (Å²) < 4.78 is 4.78. The molecular formula is C8H20O3. The van der Waals surface area contributed by atoms with Gasteiger partial charge in [-0.2, -0.15) is 0 Å². The molecule has 0 amide bonds. The maximum Gasteiger partial charge on any atom is 0.151 e. The summed E-state index contributed by atoms with van der Waals surface area (Å²) in [4.78, 5) is 0. The van der Waals surface area contributed by atoms with Gasteiger partial charge < -0.3 is 14.9 Å². The lowest BCUT2D eigenvalue weighted by molar-refractivity contribution is -0.0413. The van der Waals surface area contributed by atoms with Gasteiger partial charge in [0.05, 0.1) is 0 Å². The van der Waals surface area contributed by atoms with Crippen LogP contribution in [0.4, 0.5) is 0 Å². The second kappa shape index (κ2) is 12.5. The third-order valence-corrected chi connectivity index (χ3v) is 1.07. The van der Waals surface area contributed by atoms with Crippen LogP contribution in [-0.2, 0) is 4.74 Å². The number of rotatable bonds is 4. The molecule has 3 nitrogen and oxygen atoms in total. The Bertz CT molecular complexity index is 51.3. The molecule has 11 heavy (non-hydrogen) atoms. The second-order valence-electron chi connectivity index (χ2n) is 2.24. The normalized spacial score (nSPS) is 9.27. The number of aliphatic hydroxyl groups excluding tert-OH is 1. The maximum atomic E-state index is 7.92. The summed E-state index contributed by atoms with van der Waals surface area (Å²) in [5.41, 5.74) is 0. The van der Waals surface area contributed by atoms with Crippen molar-refractivity contribution < 1.29 is 14.9 Å². The third kappa shape index (κ3) is 25.8. The number of ether oxygens (including phenoxy) is 1. The summed E-state index contributed by atoms with van der Waals surface area (Å²) >= 11 is 0. The average molecular weight is 164 g/mol. The quantitative estimate of drug-likeness (QED) is 0.484. The first kappa shape index (κ1) is 13.5. The van der Waals surface area contributed by atoms with Crippen molar-refractivity contribution in [1.82, 2.24) is 0 Å². The first-order valence-corrected chi connectivity index (χ1v) is 4.04. The molecule has 0 heterocycles. The standard InChI is InChI=1S/C5H12O.C3H8O2/c1-3-4-5-6-2;1-2-3(4)5/h3-5H2,1-2H3;3-5H,2H2,1H3. The minimum absolute atomic E-state index is 0.417. The molecular weight excluding hydrogens is 144 g/mol. The van der Waals surface area contributed by atoms with Gasteiger partial charge in [-0.1, -0.05) is 20.3 Å². The molecule has 70 valence electrons. The fraction of sp³-hybridized carbons (Fsp3) is 1.00. The maximum absolute atomic E-state index is 7.92. The lowest BCUT2D eigenvalue weighted by Crippen LogP contribution is -1.99. The van der Waals surface area contributed by atoms with Crippen molar-refractivity contribution in [2.45, 2.75) is 39.4 Å². The van der Waals surface area contributed by atoms with Crippen LogP contribution in [0.2, 0.25) is 0 Å². The zero-order chi connectivity index (χ0) is 9.11. The van der Waals surface area contributed by atoms with Crippen LogP contribution >= 0.6 is 0 Å². The fourth-order valence-electron chi connectivity index (χ4n) is 0.289. The van der Waals surface area contributed by atoms with Gasteiger partial charge in [0.1, 0.15) is 0 Å². The molecule has 0 radical (unpaired) electrons. The van der Waals surface area contributed by atoms with Gasteiger partial charge in [0.15, 0.2) is 6.29 Å². The average Bonchev–Trinajstić information content (AvgIpc) is 2.02. The van der Waals surface area contributed by atoms with Gasteiger partial charge in [0.25, 0.3) is 0 Å². The summed E-state index contributed by atoms with van der Waals surface area (Å²) in [7, 11) is 1.73. The van der Waals surface area contributed by atoms with Gasteiger partial charge in [0.2, 0.25) is 0 Å². The largest absolute Gasteiger partial charge is 0.385 e. The van der Waals surface area contributed by atoms with E-state index >= 15 is 0 Å². The Morgan fingerprint density at radius 2 is 1.73 bits per heavy atom. The number of aliphatic hydroxyl groups is 2. The van der Waals surface area contributed by atoms with Gasteiger partial charge >= 0.3 is 0 Å². The molecule has 0 aliphatic rings. The van der Waals surface area contributed by atoms with Crippen LogP contribution < -0.4 is 0 Å². The third-order valence-electron chi connectivity index (χ3n) is 1.07. The van der Waals surface area contributed by atoms with E-state index in [2.05, 4.69) is 6.92 Å². The van der Waals surface area contributed by atoms with Crippen molar-refractivity contribution in [2.24, 2.45) is 0 Å². The zero-order valence-electron chi connectivity index (χ0n) is 7.71. The van der Waals surface area contributed by atoms with E-state index in [9.17, 15) is 0 Å². The van der Waals surface area contributed by atoms with E-state index in [-0.39, 0.29) is 0 Å². The Kier molecular flexibility index (Phi) is 15.4. The smallest absolute Gasteiger partial charge is 0.151 e. The number of unbranched alkanes of at least 4 members (excludes halogenated alkanes) is 1. The molecule has 0 atom stereocenters. The van der Waals surface area contributed by atoms with E-state index in [0.717, 1.165) is 6.61 Å². The highest BCUT2D eigenvalue weighted by Crippen LogP contribution is 1.83. The van der Waals surface area contributed by atoms with E-state index in [0.29, 0.717) is 6.42 Å². The van der Waals surface area contributed by atoms with Crippen molar-refractivity contribution in [1.29, 1.82) is 0 Å². The van der Waals surface area contributed by atoms with Gasteiger partial charge in [-0.05, 0) is 12.8 Å². The van der Waals surface area contributed by atoms with Crippen molar-refractivity contribution in [3.8, 4) is 0 Å². The van der Waals surface area contributed by atoms with Crippen LogP contribution in [0, 0.1) is 0 Å². The summed E-state index contributed by atoms with van der Waals surface area (Å²) in [6.45, 7) is 4.76. The van der Waals surface area contributed by atoms with Crippen molar-refractivity contribution >= 4 is 0 Å². The Balaban J connectivity index is 0. The fourth-order valence-corrected chi connectivity index (χ4v) is 0.289. The van der Waals surface area contributed by atoms with Crippen LogP contribution in [-0.4, -0.2) is 30.2 Å². The highest BCUT2D eigenvalue weighted by atomic mass is 16.5. The Morgan fingerprint density at radius 1 is 1.27 bits per heavy atom.